The van der Waals surface area contributed by atoms with Crippen molar-refractivity contribution in [3.63, 3.8) is 0 Å². The minimum atomic E-state index is 0.426. The van der Waals surface area contributed by atoms with Crippen LogP contribution in [0, 0.1) is 0 Å². The zero-order valence-corrected chi connectivity index (χ0v) is 10.7. The number of nitrogens with one attached hydrogen (secondary N) is 2. The van der Waals surface area contributed by atoms with Crippen molar-refractivity contribution in [2.75, 3.05) is 5.32 Å². The molecule has 0 amide bonds. The maximum atomic E-state index is 4.41. The molecule has 3 heteroatoms. The van der Waals surface area contributed by atoms with Gasteiger partial charge in [0.15, 0.2) is 0 Å². The lowest BCUT2D eigenvalue weighted by Crippen LogP contribution is -1.89. The van der Waals surface area contributed by atoms with Gasteiger partial charge in [0.05, 0.1) is 11.9 Å². The van der Waals surface area contributed by atoms with E-state index in [0.717, 1.165) is 23.6 Å². The molecule has 3 nitrogen and oxygen atoms in total. The summed E-state index contributed by atoms with van der Waals surface area (Å²) in [6, 6.07) is 6.43. The Balaban J connectivity index is 1.97. The van der Waals surface area contributed by atoms with Crippen LogP contribution in [0.1, 0.15) is 31.2 Å². The molecule has 0 atom stereocenters. The molecule has 2 heterocycles. The van der Waals surface area contributed by atoms with Gasteiger partial charge in [0.2, 0.25) is 0 Å². The Hall–Kier alpha value is -2.03. The Morgan fingerprint density at radius 2 is 2.17 bits per heavy atom. The second kappa shape index (κ2) is 4.02. The fourth-order valence-electron chi connectivity index (χ4n) is 2.27. The molecule has 0 fully saturated rings. The first kappa shape index (κ1) is 11.1. The summed E-state index contributed by atoms with van der Waals surface area (Å²) in [5.74, 6) is 1.46. The summed E-state index contributed by atoms with van der Waals surface area (Å²) in [7, 11) is 0. The Morgan fingerprint density at radius 1 is 1.33 bits per heavy atom. The van der Waals surface area contributed by atoms with E-state index < -0.39 is 0 Å². The van der Waals surface area contributed by atoms with Crippen LogP contribution in [0.4, 0.5) is 5.69 Å². The van der Waals surface area contributed by atoms with Crippen molar-refractivity contribution in [1.82, 2.24) is 9.97 Å². The summed E-state index contributed by atoms with van der Waals surface area (Å²) in [5.41, 5.74) is 5.81. The fraction of sp³-hybridized carbons (Fsp3) is 0.267. The quantitative estimate of drug-likeness (QED) is 0.839. The van der Waals surface area contributed by atoms with E-state index in [1.807, 2.05) is 6.20 Å². The van der Waals surface area contributed by atoms with Gasteiger partial charge in [-0.3, -0.25) is 0 Å². The molecule has 0 bridgehead atoms. The van der Waals surface area contributed by atoms with Crippen LogP contribution in [0.25, 0.3) is 11.3 Å². The fourth-order valence-corrected chi connectivity index (χ4v) is 2.27. The van der Waals surface area contributed by atoms with Gasteiger partial charge in [-0.25, -0.2) is 4.98 Å². The highest BCUT2D eigenvalue weighted by atomic mass is 14.9. The molecular formula is C15H17N3. The standard InChI is InChI=1S/C15H17N3/c1-9(2)15-16-8-14(18-15)11-4-5-13-12(7-11)6-10(3)17-13/h4-5,7-9,17H,3,6H2,1-2H3,(H,16,18). The molecule has 1 aromatic heterocycles. The van der Waals surface area contributed by atoms with Crippen LogP contribution < -0.4 is 5.32 Å². The monoisotopic (exact) mass is 239 g/mol. The average molecular weight is 239 g/mol. The first-order valence-electron chi connectivity index (χ1n) is 6.26. The van der Waals surface area contributed by atoms with E-state index in [0.29, 0.717) is 5.92 Å². The summed E-state index contributed by atoms with van der Waals surface area (Å²) in [5, 5.41) is 3.28. The molecular weight excluding hydrogens is 222 g/mol. The van der Waals surface area contributed by atoms with Gasteiger partial charge in [0.1, 0.15) is 5.82 Å². The number of fused-ring (bicyclic) bond motifs is 1. The van der Waals surface area contributed by atoms with Crippen molar-refractivity contribution < 1.29 is 0 Å². The number of allylic oxidation sites excluding steroid dienone is 1. The van der Waals surface area contributed by atoms with Crippen molar-refractivity contribution in [3.8, 4) is 11.3 Å². The zero-order valence-electron chi connectivity index (χ0n) is 10.7. The first-order chi connectivity index (χ1) is 8.63. The highest BCUT2D eigenvalue weighted by molar-refractivity contribution is 5.70. The van der Waals surface area contributed by atoms with Crippen LogP contribution in [0.3, 0.4) is 0 Å². The molecule has 0 radical (unpaired) electrons. The number of hydrogen-bond acceptors (Lipinski definition) is 2. The van der Waals surface area contributed by atoms with Crippen molar-refractivity contribution in [2.45, 2.75) is 26.2 Å². The molecule has 1 aliphatic heterocycles. The van der Waals surface area contributed by atoms with Gasteiger partial charge in [-0.05, 0) is 23.3 Å². The summed E-state index contributed by atoms with van der Waals surface area (Å²) in [6.07, 6.45) is 2.82. The van der Waals surface area contributed by atoms with E-state index in [-0.39, 0.29) is 0 Å². The molecule has 0 saturated carbocycles. The van der Waals surface area contributed by atoms with Crippen molar-refractivity contribution in [2.24, 2.45) is 0 Å². The van der Waals surface area contributed by atoms with Crippen LogP contribution >= 0.6 is 0 Å². The molecule has 18 heavy (non-hydrogen) atoms. The normalized spacial score (nSPS) is 13.8. The van der Waals surface area contributed by atoms with Crippen LogP contribution in [-0.4, -0.2) is 9.97 Å². The third-order valence-corrected chi connectivity index (χ3v) is 3.27. The Morgan fingerprint density at radius 3 is 2.89 bits per heavy atom. The van der Waals surface area contributed by atoms with Crippen molar-refractivity contribution in [1.29, 1.82) is 0 Å². The number of aromatic amines is 1. The molecule has 0 aliphatic carbocycles. The van der Waals surface area contributed by atoms with Crippen LogP contribution in [-0.2, 0) is 6.42 Å². The van der Waals surface area contributed by atoms with Gasteiger partial charge in [-0.1, -0.05) is 26.5 Å². The van der Waals surface area contributed by atoms with Crippen molar-refractivity contribution >= 4 is 5.69 Å². The van der Waals surface area contributed by atoms with E-state index in [1.54, 1.807) is 0 Å². The van der Waals surface area contributed by atoms with E-state index >= 15 is 0 Å². The van der Waals surface area contributed by atoms with Gasteiger partial charge < -0.3 is 10.3 Å². The molecule has 0 saturated heterocycles. The molecule has 3 rings (SSSR count). The summed E-state index contributed by atoms with van der Waals surface area (Å²) < 4.78 is 0. The third kappa shape index (κ3) is 1.82. The third-order valence-electron chi connectivity index (χ3n) is 3.27. The summed E-state index contributed by atoms with van der Waals surface area (Å²) >= 11 is 0. The van der Waals surface area contributed by atoms with E-state index in [1.165, 1.54) is 16.8 Å². The Bertz CT molecular complexity index is 608. The van der Waals surface area contributed by atoms with E-state index in [4.69, 9.17) is 0 Å². The number of benzene rings is 1. The number of nitrogens with zero attached hydrogens (tertiary/aromatic N) is 1. The number of rotatable bonds is 2. The maximum Gasteiger partial charge on any atom is 0.109 e. The molecule has 1 aromatic carbocycles. The maximum absolute atomic E-state index is 4.41. The number of hydrogen-bond donors (Lipinski definition) is 2. The second-order valence-corrected chi connectivity index (χ2v) is 5.11. The summed E-state index contributed by atoms with van der Waals surface area (Å²) in [6.45, 7) is 8.24. The highest BCUT2D eigenvalue weighted by Crippen LogP contribution is 2.31. The topological polar surface area (TPSA) is 40.7 Å². The minimum Gasteiger partial charge on any atom is -0.359 e. The predicted octanol–water partition coefficient (Wildman–Crippen LogP) is 3.68. The average Bonchev–Trinajstić information content (AvgIpc) is 2.91. The molecule has 0 unspecified atom stereocenters. The van der Waals surface area contributed by atoms with Gasteiger partial charge in [0, 0.05) is 23.7 Å². The zero-order chi connectivity index (χ0) is 12.7. The largest absolute Gasteiger partial charge is 0.359 e. The Labute approximate surface area is 107 Å². The smallest absolute Gasteiger partial charge is 0.109 e. The highest BCUT2D eigenvalue weighted by Gasteiger charge is 2.14. The lowest BCUT2D eigenvalue weighted by molar-refractivity contribution is 0.795. The Kier molecular flexibility index (Phi) is 2.47. The van der Waals surface area contributed by atoms with Crippen molar-refractivity contribution in [3.05, 3.63) is 48.1 Å². The molecule has 2 aromatic rings. The number of aromatic nitrogens is 2. The van der Waals surface area contributed by atoms with Gasteiger partial charge in [0.25, 0.3) is 0 Å². The van der Waals surface area contributed by atoms with Gasteiger partial charge in [-0.15, -0.1) is 0 Å². The molecule has 92 valence electrons. The molecule has 1 aliphatic rings. The van der Waals surface area contributed by atoms with Crippen LogP contribution in [0.5, 0.6) is 0 Å². The van der Waals surface area contributed by atoms with E-state index in [2.05, 4.69) is 53.9 Å². The lowest BCUT2D eigenvalue weighted by atomic mass is 10.1. The number of imidazole rings is 1. The summed E-state index contributed by atoms with van der Waals surface area (Å²) in [4.78, 5) is 7.79. The van der Waals surface area contributed by atoms with Crippen LogP contribution in [0.2, 0.25) is 0 Å². The van der Waals surface area contributed by atoms with Crippen LogP contribution in [0.15, 0.2) is 36.7 Å². The number of H-pyrrole nitrogens is 1. The minimum absolute atomic E-state index is 0.426. The first-order valence-corrected chi connectivity index (χ1v) is 6.26. The molecule has 2 N–H and O–H groups in total. The van der Waals surface area contributed by atoms with E-state index in [9.17, 15) is 0 Å². The molecule has 0 spiro atoms. The second-order valence-electron chi connectivity index (χ2n) is 5.11. The predicted molar refractivity (Wildman–Crippen MR) is 74.6 cm³/mol. The SMILES string of the molecule is C=C1Cc2cc(-c3cnc(C(C)C)[nH]3)ccc2N1. The van der Waals surface area contributed by atoms with Gasteiger partial charge in [-0.2, -0.15) is 0 Å². The lowest BCUT2D eigenvalue weighted by Gasteiger charge is -2.03. The van der Waals surface area contributed by atoms with Gasteiger partial charge >= 0.3 is 0 Å². The number of anilines is 1.